The normalized spacial score (nSPS) is 11.1. The number of ether oxygens (including phenoxy) is 2. The van der Waals surface area contributed by atoms with Gasteiger partial charge in [0.15, 0.2) is 11.5 Å². The topological polar surface area (TPSA) is 85.7 Å². The monoisotopic (exact) mass is 473 g/mol. The number of allylic oxidation sites excluding steroid dienone is 1. The molecule has 1 aromatic heterocycles. The van der Waals surface area contributed by atoms with Crippen LogP contribution in [0.1, 0.15) is 23.6 Å². The number of halogens is 1. The highest BCUT2D eigenvalue weighted by molar-refractivity contribution is 5.82. The van der Waals surface area contributed by atoms with Crippen molar-refractivity contribution < 1.29 is 13.9 Å². The van der Waals surface area contributed by atoms with Crippen LogP contribution in [0.3, 0.4) is 0 Å². The third kappa shape index (κ3) is 5.38. The van der Waals surface area contributed by atoms with Crippen LogP contribution in [0.15, 0.2) is 88.0 Å². The van der Waals surface area contributed by atoms with Crippen molar-refractivity contribution in [1.82, 2.24) is 9.66 Å². The highest BCUT2D eigenvalue weighted by Gasteiger charge is 2.14. The van der Waals surface area contributed by atoms with E-state index in [4.69, 9.17) is 9.47 Å². The minimum atomic E-state index is -0.642. The van der Waals surface area contributed by atoms with Crippen molar-refractivity contribution in [1.29, 1.82) is 0 Å². The predicted molar refractivity (Wildman–Crippen MR) is 134 cm³/mol. The van der Waals surface area contributed by atoms with Crippen LogP contribution in [-0.2, 0) is 13.0 Å². The number of para-hydroxylation sites is 1. The molecule has 1 N–H and O–H groups in total. The maximum atomic E-state index is 13.6. The van der Waals surface area contributed by atoms with Crippen molar-refractivity contribution in [2.45, 2.75) is 20.0 Å². The third-order valence-electron chi connectivity index (χ3n) is 5.20. The Morgan fingerprint density at radius 2 is 1.91 bits per heavy atom. The first kappa shape index (κ1) is 23.7. The summed E-state index contributed by atoms with van der Waals surface area (Å²) in [4.78, 5) is 27.8. The number of aromatic nitrogens is 2. The molecule has 4 rings (SSSR count). The zero-order chi connectivity index (χ0) is 24.8. The Morgan fingerprint density at radius 1 is 1.09 bits per heavy atom. The molecule has 0 saturated heterocycles. The Morgan fingerprint density at radius 3 is 2.69 bits per heavy atom. The lowest BCUT2D eigenvalue weighted by molar-refractivity contribution is 0.267. The van der Waals surface area contributed by atoms with Crippen molar-refractivity contribution in [2.24, 2.45) is 5.10 Å². The Kier molecular flexibility index (Phi) is 7.21. The number of fused-ring (bicyclic) bond motifs is 1. The summed E-state index contributed by atoms with van der Waals surface area (Å²) in [6.45, 7) is 6.19. The van der Waals surface area contributed by atoms with E-state index >= 15 is 0 Å². The number of nitrogens with one attached hydrogen (secondary N) is 1. The second-order valence-electron chi connectivity index (χ2n) is 7.69. The van der Waals surface area contributed by atoms with Crippen LogP contribution in [0, 0.1) is 5.82 Å². The summed E-state index contributed by atoms with van der Waals surface area (Å²) < 4.78 is 26.2. The fraction of sp³-hybridized carbons (Fsp3) is 0.148. The van der Waals surface area contributed by atoms with E-state index in [0.29, 0.717) is 46.6 Å². The second kappa shape index (κ2) is 10.6. The van der Waals surface area contributed by atoms with Gasteiger partial charge >= 0.3 is 5.69 Å². The van der Waals surface area contributed by atoms with E-state index in [1.54, 1.807) is 48.5 Å². The van der Waals surface area contributed by atoms with Crippen LogP contribution in [0.25, 0.3) is 10.9 Å². The summed E-state index contributed by atoms with van der Waals surface area (Å²) in [5.74, 6) is 0.631. The quantitative estimate of drug-likeness (QED) is 0.288. The van der Waals surface area contributed by atoms with Gasteiger partial charge in [-0.15, -0.1) is 11.3 Å². The van der Waals surface area contributed by atoms with Gasteiger partial charge in [-0.25, -0.2) is 9.18 Å². The first-order valence-corrected chi connectivity index (χ1v) is 11.1. The van der Waals surface area contributed by atoms with Gasteiger partial charge in [0.05, 0.1) is 23.7 Å². The SMILES string of the molecule is C=CCc1cc(C=Nn2c(=O)[nH]c3ccccc3c2=O)cc(OCC)c1OCc1cccc(F)c1. The van der Waals surface area contributed by atoms with E-state index in [-0.39, 0.29) is 12.4 Å². The lowest BCUT2D eigenvalue weighted by atomic mass is 10.1. The first-order chi connectivity index (χ1) is 17.0. The first-order valence-electron chi connectivity index (χ1n) is 11.1. The Balaban J connectivity index is 1.71. The van der Waals surface area contributed by atoms with Crippen molar-refractivity contribution in [3.8, 4) is 11.5 Å². The summed E-state index contributed by atoms with van der Waals surface area (Å²) in [6, 6.07) is 16.4. The van der Waals surface area contributed by atoms with Gasteiger partial charge in [0.1, 0.15) is 12.4 Å². The molecule has 4 aromatic rings. The molecule has 0 radical (unpaired) electrons. The van der Waals surface area contributed by atoms with Crippen LogP contribution in [0.5, 0.6) is 11.5 Å². The van der Waals surface area contributed by atoms with Crippen LogP contribution < -0.4 is 20.7 Å². The van der Waals surface area contributed by atoms with Gasteiger partial charge in [-0.05, 0) is 60.9 Å². The summed E-state index contributed by atoms with van der Waals surface area (Å²) in [5, 5.41) is 4.49. The molecule has 0 fully saturated rings. The van der Waals surface area contributed by atoms with Crippen LogP contribution in [0.4, 0.5) is 4.39 Å². The Bertz CT molecular complexity index is 1520. The minimum Gasteiger partial charge on any atom is -0.490 e. The standard InChI is InChI=1S/C27H24FN3O4/c1-3-8-20-13-19(16-29-31-26(32)22-11-5-6-12-23(22)30-27(31)33)15-24(34-4-2)25(20)35-17-18-9-7-10-21(28)14-18/h3,5-7,9-16H,1,4,8,17H2,2H3,(H,30,33). The fourth-order valence-electron chi connectivity index (χ4n) is 3.66. The van der Waals surface area contributed by atoms with Crippen molar-refractivity contribution in [3.63, 3.8) is 0 Å². The second-order valence-corrected chi connectivity index (χ2v) is 7.69. The fourth-order valence-corrected chi connectivity index (χ4v) is 3.66. The molecule has 0 saturated carbocycles. The Labute approximate surface area is 200 Å². The van der Waals surface area contributed by atoms with Gasteiger partial charge in [-0.1, -0.05) is 30.3 Å². The van der Waals surface area contributed by atoms with Crippen molar-refractivity contribution in [3.05, 3.63) is 117 Å². The van der Waals surface area contributed by atoms with E-state index in [0.717, 1.165) is 10.2 Å². The number of hydrogen-bond donors (Lipinski definition) is 1. The Hall–Kier alpha value is -4.46. The van der Waals surface area contributed by atoms with E-state index in [2.05, 4.69) is 16.7 Å². The molecule has 0 aliphatic carbocycles. The maximum absolute atomic E-state index is 13.6. The average Bonchev–Trinajstić information content (AvgIpc) is 2.84. The smallest absolute Gasteiger partial charge is 0.349 e. The minimum absolute atomic E-state index is 0.150. The number of H-pyrrole nitrogens is 1. The lowest BCUT2D eigenvalue weighted by Crippen LogP contribution is -2.32. The lowest BCUT2D eigenvalue weighted by Gasteiger charge is -2.17. The molecule has 0 bridgehead atoms. The molecule has 3 aromatic carbocycles. The molecule has 7 nitrogen and oxygen atoms in total. The average molecular weight is 474 g/mol. The molecular weight excluding hydrogens is 449 g/mol. The van der Waals surface area contributed by atoms with Crippen molar-refractivity contribution in [2.75, 3.05) is 6.61 Å². The van der Waals surface area contributed by atoms with E-state index < -0.39 is 11.2 Å². The molecule has 0 spiro atoms. The third-order valence-corrected chi connectivity index (χ3v) is 5.20. The number of benzene rings is 3. The molecule has 0 aliphatic rings. The van der Waals surface area contributed by atoms with Crippen LogP contribution >= 0.6 is 0 Å². The number of nitrogens with zero attached hydrogens (tertiary/aromatic N) is 2. The van der Waals surface area contributed by atoms with Crippen molar-refractivity contribution >= 4 is 17.1 Å². The molecule has 35 heavy (non-hydrogen) atoms. The highest BCUT2D eigenvalue weighted by Crippen LogP contribution is 2.34. The largest absolute Gasteiger partial charge is 0.490 e. The van der Waals surface area contributed by atoms with E-state index in [1.807, 2.05) is 13.0 Å². The number of aromatic amines is 1. The zero-order valence-corrected chi connectivity index (χ0v) is 19.2. The van der Waals surface area contributed by atoms with Gasteiger partial charge in [0.2, 0.25) is 0 Å². The molecular formula is C27H24FN3O4. The van der Waals surface area contributed by atoms with Gasteiger partial charge in [-0.3, -0.25) is 4.79 Å². The number of rotatable bonds is 9. The molecule has 0 unspecified atom stereocenters. The van der Waals surface area contributed by atoms with Gasteiger partial charge in [0.25, 0.3) is 5.56 Å². The molecule has 178 valence electrons. The number of hydrogen-bond acceptors (Lipinski definition) is 5. The van der Waals surface area contributed by atoms with E-state index in [9.17, 15) is 14.0 Å². The molecule has 0 atom stereocenters. The van der Waals surface area contributed by atoms with Gasteiger partial charge in [0, 0.05) is 5.56 Å². The zero-order valence-electron chi connectivity index (χ0n) is 19.2. The highest BCUT2D eigenvalue weighted by atomic mass is 19.1. The molecule has 0 amide bonds. The summed E-state index contributed by atoms with van der Waals surface area (Å²) >= 11 is 0. The summed E-state index contributed by atoms with van der Waals surface area (Å²) in [5.41, 5.74) is 1.33. The van der Waals surface area contributed by atoms with Gasteiger partial charge < -0.3 is 14.5 Å². The summed E-state index contributed by atoms with van der Waals surface area (Å²) in [6.07, 6.45) is 3.60. The maximum Gasteiger partial charge on any atom is 0.349 e. The molecule has 1 heterocycles. The predicted octanol–water partition coefficient (Wildman–Crippen LogP) is 4.42. The molecule has 0 aliphatic heterocycles. The van der Waals surface area contributed by atoms with Crippen LogP contribution in [0.2, 0.25) is 0 Å². The summed E-state index contributed by atoms with van der Waals surface area (Å²) in [7, 11) is 0. The van der Waals surface area contributed by atoms with E-state index in [1.165, 1.54) is 18.3 Å². The van der Waals surface area contributed by atoms with Crippen LogP contribution in [-0.4, -0.2) is 22.5 Å². The molecule has 8 heteroatoms. The van der Waals surface area contributed by atoms with Gasteiger partial charge in [-0.2, -0.15) is 5.10 Å².